The molecule has 1 aromatic carbocycles. The molecule has 102 valence electrons. The highest BCUT2D eigenvalue weighted by Gasteiger charge is 2.26. The lowest BCUT2D eigenvalue weighted by molar-refractivity contribution is -0.140. The fourth-order valence-corrected chi connectivity index (χ4v) is 3.44. The molecule has 19 heavy (non-hydrogen) atoms. The molecule has 2 N–H and O–H groups in total. The van der Waals surface area contributed by atoms with E-state index in [0.717, 1.165) is 12.2 Å². The van der Waals surface area contributed by atoms with Crippen molar-refractivity contribution in [2.45, 2.75) is 25.3 Å². The standard InChI is InChI=1S/C14H17NO3S/c1-9(16)15-13(14(17)18)8-19-7-11-6-10-4-2-3-5-12(10)11/h2-5,11,13H,6-8H2,1H3,(H,15,16)(H,17,18). The number of carboxylic acid groups (broad SMARTS) is 1. The average molecular weight is 279 g/mol. The molecule has 0 radical (unpaired) electrons. The molecular weight excluding hydrogens is 262 g/mol. The molecule has 0 saturated carbocycles. The van der Waals surface area contributed by atoms with Gasteiger partial charge < -0.3 is 10.4 Å². The van der Waals surface area contributed by atoms with Gasteiger partial charge in [0, 0.05) is 18.4 Å². The first kappa shape index (κ1) is 13.9. The second-order valence-electron chi connectivity index (χ2n) is 4.73. The van der Waals surface area contributed by atoms with Crippen molar-refractivity contribution in [1.29, 1.82) is 0 Å². The predicted molar refractivity (Wildman–Crippen MR) is 75.5 cm³/mol. The van der Waals surface area contributed by atoms with Crippen molar-refractivity contribution in [3.05, 3.63) is 35.4 Å². The van der Waals surface area contributed by atoms with Gasteiger partial charge in [-0.1, -0.05) is 24.3 Å². The zero-order valence-corrected chi connectivity index (χ0v) is 11.6. The number of carbonyl (C=O) groups excluding carboxylic acids is 1. The molecule has 2 unspecified atom stereocenters. The molecule has 2 atom stereocenters. The van der Waals surface area contributed by atoms with Gasteiger partial charge in [-0.15, -0.1) is 0 Å². The summed E-state index contributed by atoms with van der Waals surface area (Å²) in [7, 11) is 0. The number of carboxylic acids is 1. The summed E-state index contributed by atoms with van der Waals surface area (Å²) < 4.78 is 0. The first-order valence-corrected chi connectivity index (χ1v) is 7.39. The number of nitrogens with one attached hydrogen (secondary N) is 1. The van der Waals surface area contributed by atoms with Crippen molar-refractivity contribution in [3.63, 3.8) is 0 Å². The Labute approximate surface area is 116 Å². The normalized spacial score (nSPS) is 18.1. The Bertz CT molecular complexity index is 489. The van der Waals surface area contributed by atoms with Gasteiger partial charge >= 0.3 is 5.97 Å². The Morgan fingerprint density at radius 2 is 2.21 bits per heavy atom. The first-order valence-electron chi connectivity index (χ1n) is 6.23. The van der Waals surface area contributed by atoms with Crippen LogP contribution in [-0.2, 0) is 16.0 Å². The molecule has 1 aromatic rings. The summed E-state index contributed by atoms with van der Waals surface area (Å²) in [5.74, 6) is 0.556. The van der Waals surface area contributed by atoms with Crippen molar-refractivity contribution < 1.29 is 14.7 Å². The van der Waals surface area contributed by atoms with Gasteiger partial charge in [0.15, 0.2) is 0 Å². The lowest BCUT2D eigenvalue weighted by atomic mass is 9.79. The van der Waals surface area contributed by atoms with E-state index in [4.69, 9.17) is 5.11 Å². The van der Waals surface area contributed by atoms with Crippen molar-refractivity contribution in [2.75, 3.05) is 11.5 Å². The molecule has 1 aliphatic rings. The molecule has 0 spiro atoms. The number of rotatable bonds is 6. The molecule has 0 aliphatic heterocycles. The molecule has 4 nitrogen and oxygen atoms in total. The minimum absolute atomic E-state index is 0.304. The number of hydrogen-bond donors (Lipinski definition) is 2. The molecule has 1 aliphatic carbocycles. The molecule has 0 aromatic heterocycles. The summed E-state index contributed by atoms with van der Waals surface area (Å²) in [6.07, 6.45) is 1.07. The van der Waals surface area contributed by atoms with E-state index in [0.29, 0.717) is 11.7 Å². The van der Waals surface area contributed by atoms with Crippen molar-refractivity contribution in [1.82, 2.24) is 5.32 Å². The highest BCUT2D eigenvalue weighted by atomic mass is 32.2. The van der Waals surface area contributed by atoms with E-state index < -0.39 is 12.0 Å². The van der Waals surface area contributed by atoms with Crippen LogP contribution in [0.15, 0.2) is 24.3 Å². The largest absolute Gasteiger partial charge is 0.480 e. The summed E-state index contributed by atoms with van der Waals surface area (Å²) in [5, 5.41) is 11.4. The van der Waals surface area contributed by atoms with Gasteiger partial charge in [0.1, 0.15) is 6.04 Å². The Balaban J connectivity index is 1.78. The Hall–Kier alpha value is -1.49. The van der Waals surface area contributed by atoms with Gasteiger partial charge in [-0.25, -0.2) is 4.79 Å². The quantitative estimate of drug-likeness (QED) is 0.831. The second-order valence-corrected chi connectivity index (χ2v) is 5.80. The van der Waals surface area contributed by atoms with Crippen LogP contribution in [0, 0.1) is 0 Å². The van der Waals surface area contributed by atoms with Crippen LogP contribution in [0.3, 0.4) is 0 Å². The third kappa shape index (κ3) is 3.50. The van der Waals surface area contributed by atoms with Crippen LogP contribution in [0.2, 0.25) is 0 Å². The van der Waals surface area contributed by atoms with E-state index in [-0.39, 0.29) is 5.91 Å². The number of benzene rings is 1. The zero-order chi connectivity index (χ0) is 13.8. The van der Waals surface area contributed by atoms with Crippen LogP contribution in [0.1, 0.15) is 24.0 Å². The molecular formula is C14H17NO3S. The van der Waals surface area contributed by atoms with Crippen molar-refractivity contribution in [3.8, 4) is 0 Å². The average Bonchev–Trinajstić information content (AvgIpc) is 2.32. The fraction of sp³-hybridized carbons (Fsp3) is 0.429. The lowest BCUT2D eigenvalue weighted by Crippen LogP contribution is -2.41. The maximum absolute atomic E-state index is 11.0. The highest BCUT2D eigenvalue weighted by molar-refractivity contribution is 7.99. The zero-order valence-electron chi connectivity index (χ0n) is 10.8. The van der Waals surface area contributed by atoms with E-state index in [1.165, 1.54) is 18.1 Å². The number of fused-ring (bicyclic) bond motifs is 1. The highest BCUT2D eigenvalue weighted by Crippen LogP contribution is 2.36. The third-order valence-corrected chi connectivity index (χ3v) is 4.45. The summed E-state index contributed by atoms with van der Waals surface area (Å²) in [4.78, 5) is 21.9. The minimum atomic E-state index is -0.975. The first-order chi connectivity index (χ1) is 9.08. The maximum atomic E-state index is 11.0. The van der Waals surface area contributed by atoms with E-state index in [9.17, 15) is 9.59 Å². The molecule has 2 rings (SSSR count). The van der Waals surface area contributed by atoms with Crippen LogP contribution < -0.4 is 5.32 Å². The van der Waals surface area contributed by atoms with Crippen molar-refractivity contribution >= 4 is 23.6 Å². The molecule has 0 fully saturated rings. The van der Waals surface area contributed by atoms with Gasteiger partial charge in [0.2, 0.25) is 5.91 Å². The van der Waals surface area contributed by atoms with Gasteiger partial charge in [0.05, 0.1) is 0 Å². The number of thioether (sulfide) groups is 1. The van der Waals surface area contributed by atoms with Crippen LogP contribution >= 0.6 is 11.8 Å². The number of carbonyl (C=O) groups is 2. The molecule has 0 bridgehead atoms. The maximum Gasteiger partial charge on any atom is 0.327 e. The Morgan fingerprint density at radius 3 is 2.84 bits per heavy atom. The summed E-state index contributed by atoms with van der Waals surface area (Å²) in [6, 6.07) is 7.55. The smallest absolute Gasteiger partial charge is 0.327 e. The van der Waals surface area contributed by atoms with E-state index >= 15 is 0 Å². The summed E-state index contributed by atoms with van der Waals surface area (Å²) in [6.45, 7) is 1.34. The molecule has 0 saturated heterocycles. The minimum Gasteiger partial charge on any atom is -0.480 e. The van der Waals surface area contributed by atoms with Crippen molar-refractivity contribution in [2.24, 2.45) is 0 Å². The van der Waals surface area contributed by atoms with Crippen LogP contribution in [0.5, 0.6) is 0 Å². The van der Waals surface area contributed by atoms with Gasteiger partial charge in [-0.2, -0.15) is 11.8 Å². The fourth-order valence-electron chi connectivity index (χ4n) is 2.26. The lowest BCUT2D eigenvalue weighted by Gasteiger charge is -2.30. The van der Waals surface area contributed by atoms with Gasteiger partial charge in [0.25, 0.3) is 0 Å². The van der Waals surface area contributed by atoms with E-state index in [1.807, 2.05) is 12.1 Å². The Morgan fingerprint density at radius 1 is 1.47 bits per heavy atom. The third-order valence-electron chi connectivity index (χ3n) is 3.24. The number of hydrogen-bond acceptors (Lipinski definition) is 3. The van der Waals surface area contributed by atoms with Crippen LogP contribution in [0.4, 0.5) is 0 Å². The second kappa shape index (κ2) is 6.10. The topological polar surface area (TPSA) is 66.4 Å². The van der Waals surface area contributed by atoms with E-state index in [2.05, 4.69) is 17.4 Å². The van der Waals surface area contributed by atoms with Gasteiger partial charge in [-0.3, -0.25) is 4.79 Å². The molecule has 5 heteroatoms. The molecule has 1 amide bonds. The predicted octanol–water partition coefficient (Wildman–Crippen LogP) is 1.65. The summed E-state index contributed by atoms with van der Waals surface area (Å²) >= 11 is 1.58. The Kier molecular flexibility index (Phi) is 4.47. The monoisotopic (exact) mass is 279 g/mol. The SMILES string of the molecule is CC(=O)NC(CSCC1Cc2ccccc21)C(=O)O. The summed E-state index contributed by atoms with van der Waals surface area (Å²) in [5.41, 5.74) is 2.77. The molecule has 0 heterocycles. The number of amides is 1. The van der Waals surface area contributed by atoms with E-state index in [1.54, 1.807) is 11.8 Å². The van der Waals surface area contributed by atoms with Gasteiger partial charge in [-0.05, 0) is 23.5 Å². The number of aliphatic carboxylic acids is 1. The van der Waals surface area contributed by atoms with Crippen LogP contribution in [-0.4, -0.2) is 34.5 Å². The van der Waals surface area contributed by atoms with Crippen LogP contribution in [0.25, 0.3) is 0 Å².